The first-order valence-corrected chi connectivity index (χ1v) is 6.18. The summed E-state index contributed by atoms with van der Waals surface area (Å²) < 4.78 is 5.61. The van der Waals surface area contributed by atoms with Crippen molar-refractivity contribution < 1.29 is 9.84 Å². The summed E-state index contributed by atoms with van der Waals surface area (Å²) in [6, 6.07) is 7.78. The summed E-state index contributed by atoms with van der Waals surface area (Å²) in [5.74, 6) is 0.801. The quantitative estimate of drug-likeness (QED) is 0.446. The monoisotopic (exact) mass is 250 g/mol. The van der Waals surface area contributed by atoms with E-state index in [0.29, 0.717) is 19.6 Å². The van der Waals surface area contributed by atoms with Gasteiger partial charge < -0.3 is 20.9 Å². The molecule has 100 valence electrons. The minimum Gasteiger partial charge on any atom is -0.491 e. The lowest BCUT2D eigenvalue weighted by molar-refractivity contribution is 0.106. The van der Waals surface area contributed by atoms with E-state index in [9.17, 15) is 5.11 Å². The number of aliphatic hydroxyl groups excluding tert-OH is 1. The van der Waals surface area contributed by atoms with Gasteiger partial charge in [0, 0.05) is 19.6 Å². The molecule has 0 heterocycles. The van der Waals surface area contributed by atoms with Crippen LogP contribution in [0.3, 0.4) is 0 Å². The summed E-state index contributed by atoms with van der Waals surface area (Å²) in [7, 11) is 0. The first kappa shape index (κ1) is 14.7. The normalized spacial score (nSPS) is 12.1. The highest BCUT2D eigenvalue weighted by Gasteiger charge is 2.06. The Hall–Kier alpha value is -1.36. The molecule has 18 heavy (non-hydrogen) atoms. The SMILES string of the molecule is C=CCc1ccccc1OCC(O)CNCCN. The van der Waals surface area contributed by atoms with Gasteiger partial charge in [-0.05, 0) is 18.1 Å². The van der Waals surface area contributed by atoms with Crippen molar-refractivity contribution in [3.05, 3.63) is 42.5 Å². The molecule has 0 bridgehead atoms. The Labute approximate surface area is 108 Å². The van der Waals surface area contributed by atoms with E-state index in [1.807, 2.05) is 30.3 Å². The summed E-state index contributed by atoms with van der Waals surface area (Å²) in [5.41, 5.74) is 6.43. The van der Waals surface area contributed by atoms with Crippen LogP contribution in [-0.4, -0.2) is 37.5 Å². The summed E-state index contributed by atoms with van der Waals surface area (Å²) in [6.45, 7) is 5.74. The molecule has 0 aliphatic rings. The second-order valence-electron chi connectivity index (χ2n) is 4.06. The minimum atomic E-state index is -0.534. The Balaban J connectivity index is 2.40. The summed E-state index contributed by atoms with van der Waals surface area (Å²) in [5, 5.41) is 12.7. The van der Waals surface area contributed by atoms with Gasteiger partial charge in [0.05, 0.1) is 0 Å². The molecular weight excluding hydrogens is 228 g/mol. The van der Waals surface area contributed by atoms with Gasteiger partial charge in [0.25, 0.3) is 0 Å². The lowest BCUT2D eigenvalue weighted by atomic mass is 10.1. The topological polar surface area (TPSA) is 67.5 Å². The summed E-state index contributed by atoms with van der Waals surface area (Å²) >= 11 is 0. The van der Waals surface area contributed by atoms with Gasteiger partial charge in [-0.2, -0.15) is 0 Å². The van der Waals surface area contributed by atoms with Gasteiger partial charge in [-0.1, -0.05) is 24.3 Å². The van der Waals surface area contributed by atoms with Gasteiger partial charge in [0.1, 0.15) is 18.5 Å². The predicted molar refractivity (Wildman–Crippen MR) is 73.8 cm³/mol. The highest BCUT2D eigenvalue weighted by Crippen LogP contribution is 2.18. The number of aliphatic hydroxyl groups is 1. The van der Waals surface area contributed by atoms with Crippen LogP contribution < -0.4 is 15.8 Å². The molecule has 0 fully saturated rings. The van der Waals surface area contributed by atoms with Crippen LogP contribution in [0, 0.1) is 0 Å². The van der Waals surface area contributed by atoms with E-state index < -0.39 is 6.10 Å². The fourth-order valence-electron chi connectivity index (χ4n) is 1.58. The zero-order valence-electron chi connectivity index (χ0n) is 10.6. The molecule has 0 aromatic heterocycles. The average molecular weight is 250 g/mol. The van der Waals surface area contributed by atoms with Crippen molar-refractivity contribution >= 4 is 0 Å². The lowest BCUT2D eigenvalue weighted by Crippen LogP contribution is -2.34. The minimum absolute atomic E-state index is 0.270. The standard InChI is InChI=1S/C14H22N2O2/c1-2-5-12-6-3-4-7-14(12)18-11-13(17)10-16-9-8-15/h2-4,6-7,13,16-17H,1,5,8-11,15H2. The van der Waals surface area contributed by atoms with Crippen molar-refractivity contribution in [3.63, 3.8) is 0 Å². The van der Waals surface area contributed by atoms with Gasteiger partial charge in [-0.15, -0.1) is 6.58 Å². The molecule has 1 aromatic carbocycles. The third kappa shape index (κ3) is 5.31. The van der Waals surface area contributed by atoms with E-state index >= 15 is 0 Å². The van der Waals surface area contributed by atoms with Crippen LogP contribution in [0.2, 0.25) is 0 Å². The zero-order chi connectivity index (χ0) is 13.2. The summed E-state index contributed by atoms with van der Waals surface area (Å²) in [6.07, 6.45) is 2.06. The summed E-state index contributed by atoms with van der Waals surface area (Å²) in [4.78, 5) is 0. The Morgan fingerprint density at radius 2 is 2.22 bits per heavy atom. The van der Waals surface area contributed by atoms with Crippen LogP contribution in [0.25, 0.3) is 0 Å². The number of benzene rings is 1. The molecule has 0 aliphatic carbocycles. The Morgan fingerprint density at radius 1 is 1.44 bits per heavy atom. The van der Waals surface area contributed by atoms with Gasteiger partial charge in [-0.3, -0.25) is 0 Å². The van der Waals surface area contributed by atoms with E-state index in [1.54, 1.807) is 0 Å². The van der Waals surface area contributed by atoms with Crippen molar-refractivity contribution in [2.75, 3.05) is 26.2 Å². The van der Waals surface area contributed by atoms with Gasteiger partial charge in [0.2, 0.25) is 0 Å². The second kappa shape index (κ2) is 8.69. The van der Waals surface area contributed by atoms with Crippen LogP contribution in [0.4, 0.5) is 0 Å². The molecule has 0 radical (unpaired) electrons. The van der Waals surface area contributed by atoms with E-state index in [1.165, 1.54) is 0 Å². The third-order valence-electron chi connectivity index (χ3n) is 2.47. The molecule has 0 amide bonds. The van der Waals surface area contributed by atoms with Crippen LogP contribution >= 0.6 is 0 Å². The molecule has 4 N–H and O–H groups in total. The van der Waals surface area contributed by atoms with Crippen LogP contribution in [-0.2, 0) is 6.42 Å². The molecule has 0 saturated carbocycles. The largest absolute Gasteiger partial charge is 0.491 e. The first-order valence-electron chi connectivity index (χ1n) is 6.18. The first-order chi connectivity index (χ1) is 8.77. The molecule has 0 spiro atoms. The van der Waals surface area contributed by atoms with Crippen molar-refractivity contribution in [2.24, 2.45) is 5.73 Å². The van der Waals surface area contributed by atoms with Gasteiger partial charge in [0.15, 0.2) is 0 Å². The zero-order valence-corrected chi connectivity index (χ0v) is 10.6. The van der Waals surface area contributed by atoms with Crippen LogP contribution in [0.15, 0.2) is 36.9 Å². The molecule has 0 saturated heterocycles. The number of rotatable bonds is 9. The molecular formula is C14H22N2O2. The fraction of sp³-hybridized carbons (Fsp3) is 0.429. The third-order valence-corrected chi connectivity index (χ3v) is 2.47. The van der Waals surface area contributed by atoms with E-state index in [-0.39, 0.29) is 6.61 Å². The van der Waals surface area contributed by atoms with Crippen LogP contribution in [0.1, 0.15) is 5.56 Å². The highest BCUT2D eigenvalue weighted by molar-refractivity contribution is 5.34. The predicted octanol–water partition coefficient (Wildman–Crippen LogP) is 0.703. The number of hydrogen-bond acceptors (Lipinski definition) is 4. The lowest BCUT2D eigenvalue weighted by Gasteiger charge is -2.14. The Kier molecular flexibility index (Phi) is 7.10. The van der Waals surface area contributed by atoms with E-state index in [0.717, 1.165) is 17.7 Å². The number of ether oxygens (including phenoxy) is 1. The number of hydrogen-bond donors (Lipinski definition) is 3. The van der Waals surface area contributed by atoms with Gasteiger partial charge >= 0.3 is 0 Å². The maximum atomic E-state index is 9.71. The molecule has 4 heteroatoms. The van der Waals surface area contributed by atoms with Crippen molar-refractivity contribution in [2.45, 2.75) is 12.5 Å². The van der Waals surface area contributed by atoms with E-state index in [4.69, 9.17) is 10.5 Å². The maximum absolute atomic E-state index is 9.71. The van der Waals surface area contributed by atoms with Crippen molar-refractivity contribution in [1.29, 1.82) is 0 Å². The number of para-hydroxylation sites is 1. The number of nitrogens with one attached hydrogen (secondary N) is 1. The van der Waals surface area contributed by atoms with E-state index in [2.05, 4.69) is 11.9 Å². The molecule has 1 atom stereocenters. The fourth-order valence-corrected chi connectivity index (χ4v) is 1.58. The Bertz CT molecular complexity index is 355. The molecule has 1 rings (SSSR count). The van der Waals surface area contributed by atoms with Gasteiger partial charge in [-0.25, -0.2) is 0 Å². The van der Waals surface area contributed by atoms with Crippen molar-refractivity contribution in [3.8, 4) is 5.75 Å². The number of nitrogens with two attached hydrogens (primary N) is 1. The molecule has 4 nitrogen and oxygen atoms in total. The molecule has 1 unspecified atom stereocenters. The number of allylic oxidation sites excluding steroid dienone is 1. The smallest absolute Gasteiger partial charge is 0.122 e. The second-order valence-corrected chi connectivity index (χ2v) is 4.06. The maximum Gasteiger partial charge on any atom is 0.122 e. The Morgan fingerprint density at radius 3 is 2.94 bits per heavy atom. The highest BCUT2D eigenvalue weighted by atomic mass is 16.5. The average Bonchev–Trinajstić information content (AvgIpc) is 2.38. The van der Waals surface area contributed by atoms with Crippen LogP contribution in [0.5, 0.6) is 5.75 Å². The molecule has 0 aliphatic heterocycles. The molecule has 1 aromatic rings. The van der Waals surface area contributed by atoms with Crippen molar-refractivity contribution in [1.82, 2.24) is 5.32 Å².